The van der Waals surface area contributed by atoms with E-state index in [2.05, 4.69) is 11.4 Å². The first-order chi connectivity index (χ1) is 16.0. The number of carbonyl (C=O) groups is 2. The van der Waals surface area contributed by atoms with E-state index in [4.69, 9.17) is 14.2 Å². The quantitative estimate of drug-likeness (QED) is 0.534. The number of anilines is 1. The van der Waals surface area contributed by atoms with Gasteiger partial charge in [-0.3, -0.25) is 4.79 Å². The number of amides is 1. The Kier molecular flexibility index (Phi) is 6.81. The molecule has 1 aliphatic heterocycles. The maximum Gasteiger partial charge on any atom is 0.340 e. The summed E-state index contributed by atoms with van der Waals surface area (Å²) in [6.45, 7) is 2.42. The molecule has 0 aromatic heterocycles. The Labute approximate surface area is 195 Å². The molecule has 0 spiro atoms. The Balaban J connectivity index is 1.44. The van der Waals surface area contributed by atoms with Crippen molar-refractivity contribution in [2.24, 2.45) is 0 Å². The molecule has 0 saturated heterocycles. The lowest BCUT2D eigenvalue weighted by Crippen LogP contribution is -2.30. The largest absolute Gasteiger partial charge is 0.486 e. The number of rotatable bonds is 6. The summed E-state index contributed by atoms with van der Waals surface area (Å²) in [4.78, 5) is 26.8. The van der Waals surface area contributed by atoms with Crippen LogP contribution in [0.5, 0.6) is 11.5 Å². The number of hydrogen-bond acceptors (Lipinski definition) is 7. The third kappa shape index (κ3) is 5.27. The first-order valence-electron chi connectivity index (χ1n) is 10.2. The normalized spacial score (nSPS) is 12.8. The molecular weight excluding hydrogens is 440 g/mol. The van der Waals surface area contributed by atoms with Crippen molar-refractivity contribution in [3.8, 4) is 17.6 Å². The van der Waals surface area contributed by atoms with Gasteiger partial charge in [-0.05, 0) is 43.3 Å². The van der Waals surface area contributed by atoms with Crippen molar-refractivity contribution in [2.75, 3.05) is 18.5 Å². The minimum atomic E-state index is -1.03. The maximum absolute atomic E-state index is 12.9. The molecule has 8 heteroatoms. The molecule has 3 aromatic carbocycles. The Morgan fingerprint density at radius 2 is 1.70 bits per heavy atom. The van der Waals surface area contributed by atoms with E-state index >= 15 is 0 Å². The molecule has 0 bridgehead atoms. The number of nitrogens with one attached hydrogen (secondary N) is 1. The van der Waals surface area contributed by atoms with Crippen molar-refractivity contribution >= 4 is 29.3 Å². The van der Waals surface area contributed by atoms with Gasteiger partial charge in [0.2, 0.25) is 0 Å². The second-order valence-electron chi connectivity index (χ2n) is 7.10. The van der Waals surface area contributed by atoms with Gasteiger partial charge in [-0.15, -0.1) is 0 Å². The number of benzene rings is 3. The van der Waals surface area contributed by atoms with Crippen LogP contribution in [0.3, 0.4) is 0 Å². The van der Waals surface area contributed by atoms with Crippen LogP contribution >= 0.6 is 11.8 Å². The molecule has 1 amide bonds. The molecule has 0 radical (unpaired) electrons. The van der Waals surface area contributed by atoms with Crippen LogP contribution in [0.15, 0.2) is 76.5 Å². The van der Waals surface area contributed by atoms with Crippen LogP contribution in [-0.2, 0) is 9.53 Å². The lowest BCUT2D eigenvalue weighted by atomic mass is 10.2. The Bertz CT molecular complexity index is 1240. The summed E-state index contributed by atoms with van der Waals surface area (Å²) in [5.74, 6) is 0.0652. The van der Waals surface area contributed by atoms with E-state index in [1.807, 2.05) is 12.1 Å². The smallest absolute Gasteiger partial charge is 0.340 e. The predicted molar refractivity (Wildman–Crippen MR) is 123 cm³/mol. The van der Waals surface area contributed by atoms with Gasteiger partial charge in [-0.1, -0.05) is 36.0 Å². The van der Waals surface area contributed by atoms with Crippen molar-refractivity contribution in [3.05, 3.63) is 77.9 Å². The zero-order valence-electron chi connectivity index (χ0n) is 17.7. The third-order valence-electron chi connectivity index (χ3n) is 4.80. The van der Waals surface area contributed by atoms with Gasteiger partial charge in [0.25, 0.3) is 5.91 Å². The minimum Gasteiger partial charge on any atom is -0.486 e. The maximum atomic E-state index is 12.9. The highest BCUT2D eigenvalue weighted by Gasteiger charge is 2.22. The van der Waals surface area contributed by atoms with Crippen molar-refractivity contribution in [1.82, 2.24) is 0 Å². The average molecular weight is 461 g/mol. The zero-order chi connectivity index (χ0) is 23.2. The number of hydrogen-bond donors (Lipinski definition) is 1. The van der Waals surface area contributed by atoms with Crippen LogP contribution in [0.4, 0.5) is 5.69 Å². The van der Waals surface area contributed by atoms with Crippen LogP contribution in [0, 0.1) is 11.3 Å². The molecule has 166 valence electrons. The second-order valence-corrected chi connectivity index (χ2v) is 8.19. The van der Waals surface area contributed by atoms with Crippen molar-refractivity contribution in [1.29, 1.82) is 5.26 Å². The van der Waals surface area contributed by atoms with Crippen molar-refractivity contribution in [3.63, 3.8) is 0 Å². The fraction of sp³-hybridized carbons (Fsp3) is 0.160. The van der Waals surface area contributed by atoms with E-state index in [1.54, 1.807) is 54.6 Å². The summed E-state index contributed by atoms with van der Waals surface area (Å²) < 4.78 is 16.4. The average Bonchev–Trinajstić information content (AvgIpc) is 2.84. The summed E-state index contributed by atoms with van der Waals surface area (Å²) in [5.41, 5.74) is 1.34. The van der Waals surface area contributed by atoms with Crippen molar-refractivity contribution < 1.29 is 23.8 Å². The van der Waals surface area contributed by atoms with Gasteiger partial charge in [0, 0.05) is 21.5 Å². The first-order valence-corrected chi connectivity index (χ1v) is 11.0. The molecule has 1 atom stereocenters. The lowest BCUT2D eigenvalue weighted by Gasteiger charge is -2.19. The van der Waals surface area contributed by atoms with Crippen LogP contribution in [-0.4, -0.2) is 31.2 Å². The van der Waals surface area contributed by atoms with Gasteiger partial charge in [-0.2, -0.15) is 5.26 Å². The van der Waals surface area contributed by atoms with Crippen LogP contribution < -0.4 is 14.8 Å². The van der Waals surface area contributed by atoms with Crippen LogP contribution in [0.25, 0.3) is 0 Å². The standard InChI is InChI=1S/C25H20N2O5S/c1-16(24(28)27-18-10-11-20-21(14-18)31-13-12-30-20)32-25(29)19-7-3-5-9-23(19)33-22-8-4-2-6-17(22)15-26/h2-11,14,16H,12-13H2,1H3,(H,27,28)/t16-/m1/s1. The second kappa shape index (κ2) is 10.1. The van der Waals surface area contributed by atoms with Gasteiger partial charge in [0.15, 0.2) is 17.6 Å². The topological polar surface area (TPSA) is 97.7 Å². The summed E-state index contributed by atoms with van der Waals surface area (Å²) in [6, 6.07) is 21.3. The third-order valence-corrected chi connectivity index (χ3v) is 5.95. The van der Waals surface area contributed by atoms with E-state index in [1.165, 1.54) is 18.7 Å². The molecule has 1 heterocycles. The molecule has 7 nitrogen and oxygen atoms in total. The Hall–Kier alpha value is -3.96. The van der Waals surface area contributed by atoms with E-state index in [0.29, 0.717) is 46.4 Å². The van der Waals surface area contributed by atoms with E-state index in [9.17, 15) is 14.9 Å². The zero-order valence-corrected chi connectivity index (χ0v) is 18.6. The molecule has 0 saturated carbocycles. The first kappa shape index (κ1) is 22.2. The van der Waals surface area contributed by atoms with E-state index in [-0.39, 0.29) is 0 Å². The van der Waals surface area contributed by atoms with Crippen LogP contribution in [0.1, 0.15) is 22.8 Å². The Morgan fingerprint density at radius 1 is 1.00 bits per heavy atom. The number of fused-ring (bicyclic) bond motifs is 1. The SMILES string of the molecule is C[C@@H](OC(=O)c1ccccc1Sc1ccccc1C#N)C(=O)Nc1ccc2c(c1)OCCO2. The number of nitrogens with zero attached hydrogens (tertiary/aromatic N) is 1. The molecule has 33 heavy (non-hydrogen) atoms. The Morgan fingerprint density at radius 3 is 2.48 bits per heavy atom. The van der Waals surface area contributed by atoms with Gasteiger partial charge in [0.1, 0.15) is 19.3 Å². The monoisotopic (exact) mass is 460 g/mol. The van der Waals surface area contributed by atoms with E-state index < -0.39 is 18.0 Å². The summed E-state index contributed by atoms with van der Waals surface area (Å²) in [7, 11) is 0. The molecule has 1 N–H and O–H groups in total. The number of esters is 1. The molecular formula is C25H20N2O5S. The van der Waals surface area contributed by atoms with Gasteiger partial charge in [-0.25, -0.2) is 4.79 Å². The number of ether oxygens (including phenoxy) is 3. The molecule has 0 aliphatic carbocycles. The summed E-state index contributed by atoms with van der Waals surface area (Å²) >= 11 is 1.30. The van der Waals surface area contributed by atoms with Gasteiger partial charge >= 0.3 is 5.97 Å². The highest BCUT2D eigenvalue weighted by atomic mass is 32.2. The molecule has 0 fully saturated rings. The fourth-order valence-corrected chi connectivity index (χ4v) is 4.15. The molecule has 1 aliphatic rings. The summed E-state index contributed by atoms with van der Waals surface area (Å²) in [5, 5.41) is 12.1. The van der Waals surface area contributed by atoms with Gasteiger partial charge < -0.3 is 19.5 Å². The number of nitriles is 1. The highest BCUT2D eigenvalue weighted by Crippen LogP contribution is 2.34. The molecule has 3 aromatic rings. The fourth-order valence-electron chi connectivity index (χ4n) is 3.13. The lowest BCUT2D eigenvalue weighted by molar-refractivity contribution is -0.123. The minimum absolute atomic E-state index is 0.314. The molecule has 4 rings (SSSR count). The number of carbonyl (C=O) groups excluding carboxylic acids is 2. The predicted octanol–water partition coefficient (Wildman–Crippen LogP) is 4.66. The van der Waals surface area contributed by atoms with Crippen molar-refractivity contribution in [2.45, 2.75) is 22.8 Å². The van der Waals surface area contributed by atoms with Gasteiger partial charge in [0.05, 0.1) is 11.1 Å². The highest BCUT2D eigenvalue weighted by molar-refractivity contribution is 7.99. The summed E-state index contributed by atoms with van der Waals surface area (Å²) in [6.07, 6.45) is -1.03. The van der Waals surface area contributed by atoms with E-state index in [0.717, 1.165) is 4.90 Å². The van der Waals surface area contributed by atoms with Crippen LogP contribution in [0.2, 0.25) is 0 Å². The molecule has 0 unspecified atom stereocenters.